The Morgan fingerprint density at radius 3 is 2.80 bits per heavy atom. The van der Waals surface area contributed by atoms with Gasteiger partial charge in [-0.05, 0) is 26.0 Å². The average molecular weight is 268 g/mol. The molecule has 0 atom stereocenters. The summed E-state index contributed by atoms with van der Waals surface area (Å²) in [6, 6.07) is 5.95. The Bertz CT molecular complexity index is 829. The Hall–Kier alpha value is -2.43. The Labute approximate surface area is 116 Å². The van der Waals surface area contributed by atoms with Crippen molar-refractivity contribution in [1.29, 1.82) is 0 Å². The monoisotopic (exact) mass is 268 g/mol. The SMILES string of the molecule is CC(C)n1ccnc(-c2ccc3c(cnn3C)c2)c1=O. The van der Waals surface area contributed by atoms with E-state index in [1.165, 1.54) is 0 Å². The first-order chi connectivity index (χ1) is 9.58. The third kappa shape index (κ3) is 1.91. The molecule has 0 N–H and O–H groups in total. The summed E-state index contributed by atoms with van der Waals surface area (Å²) in [6.45, 7) is 3.96. The Kier molecular flexibility index (Phi) is 2.89. The molecule has 1 aromatic carbocycles. The van der Waals surface area contributed by atoms with Gasteiger partial charge in [0.15, 0.2) is 0 Å². The van der Waals surface area contributed by atoms with E-state index in [1.54, 1.807) is 23.2 Å². The van der Waals surface area contributed by atoms with Gasteiger partial charge in [-0.15, -0.1) is 0 Å². The number of rotatable bonds is 2. The van der Waals surface area contributed by atoms with E-state index in [4.69, 9.17) is 0 Å². The van der Waals surface area contributed by atoms with Crippen molar-refractivity contribution in [2.75, 3.05) is 0 Å². The van der Waals surface area contributed by atoms with Crippen LogP contribution in [0.1, 0.15) is 19.9 Å². The maximum absolute atomic E-state index is 12.4. The molecule has 5 heteroatoms. The first-order valence-corrected chi connectivity index (χ1v) is 6.57. The summed E-state index contributed by atoms with van der Waals surface area (Å²) in [5.41, 5.74) is 2.28. The van der Waals surface area contributed by atoms with Crippen LogP contribution >= 0.6 is 0 Å². The molecule has 0 radical (unpaired) electrons. The molecule has 20 heavy (non-hydrogen) atoms. The largest absolute Gasteiger partial charge is 0.310 e. The van der Waals surface area contributed by atoms with Crippen LogP contribution in [0.3, 0.4) is 0 Å². The summed E-state index contributed by atoms with van der Waals surface area (Å²) in [6.07, 6.45) is 5.19. The van der Waals surface area contributed by atoms with E-state index < -0.39 is 0 Å². The standard InChI is InChI=1S/C15H16N4O/c1-10(2)19-7-6-16-14(15(19)20)11-4-5-13-12(8-11)9-17-18(13)3/h4-10H,1-3H3. The highest BCUT2D eigenvalue weighted by Gasteiger charge is 2.10. The fourth-order valence-corrected chi connectivity index (χ4v) is 2.34. The van der Waals surface area contributed by atoms with Gasteiger partial charge in [-0.3, -0.25) is 9.48 Å². The first kappa shape index (κ1) is 12.6. The van der Waals surface area contributed by atoms with Gasteiger partial charge >= 0.3 is 0 Å². The summed E-state index contributed by atoms with van der Waals surface area (Å²) >= 11 is 0. The van der Waals surface area contributed by atoms with Crippen molar-refractivity contribution in [1.82, 2.24) is 19.3 Å². The van der Waals surface area contributed by atoms with Gasteiger partial charge in [0, 0.05) is 36.4 Å². The van der Waals surface area contributed by atoms with Gasteiger partial charge in [0.1, 0.15) is 5.69 Å². The Morgan fingerprint density at radius 1 is 1.25 bits per heavy atom. The molecule has 3 aromatic rings. The van der Waals surface area contributed by atoms with E-state index >= 15 is 0 Å². The van der Waals surface area contributed by atoms with Crippen LogP contribution in [-0.2, 0) is 7.05 Å². The second-order valence-corrected chi connectivity index (χ2v) is 5.12. The molecule has 0 aliphatic heterocycles. The highest BCUT2D eigenvalue weighted by molar-refractivity contribution is 5.83. The molecule has 0 unspecified atom stereocenters. The second-order valence-electron chi connectivity index (χ2n) is 5.12. The van der Waals surface area contributed by atoms with Crippen molar-refractivity contribution in [3.8, 4) is 11.3 Å². The van der Waals surface area contributed by atoms with E-state index in [0.29, 0.717) is 5.69 Å². The first-order valence-electron chi connectivity index (χ1n) is 6.57. The topological polar surface area (TPSA) is 52.7 Å². The van der Waals surface area contributed by atoms with E-state index in [-0.39, 0.29) is 11.6 Å². The van der Waals surface area contributed by atoms with Crippen molar-refractivity contribution >= 4 is 10.9 Å². The van der Waals surface area contributed by atoms with Crippen LogP contribution in [0.5, 0.6) is 0 Å². The summed E-state index contributed by atoms with van der Waals surface area (Å²) < 4.78 is 3.50. The van der Waals surface area contributed by atoms with Crippen LogP contribution in [0.25, 0.3) is 22.2 Å². The van der Waals surface area contributed by atoms with Gasteiger partial charge in [-0.25, -0.2) is 4.98 Å². The third-order valence-electron chi connectivity index (χ3n) is 3.44. The number of hydrogen-bond donors (Lipinski definition) is 0. The van der Waals surface area contributed by atoms with Crippen molar-refractivity contribution in [2.45, 2.75) is 19.9 Å². The second kappa shape index (κ2) is 4.59. The number of benzene rings is 1. The van der Waals surface area contributed by atoms with Crippen LogP contribution in [0.15, 0.2) is 41.6 Å². The lowest BCUT2D eigenvalue weighted by atomic mass is 10.1. The lowest BCUT2D eigenvalue weighted by Gasteiger charge is -2.10. The molecule has 0 saturated carbocycles. The van der Waals surface area contributed by atoms with Gasteiger partial charge < -0.3 is 4.57 Å². The fourth-order valence-electron chi connectivity index (χ4n) is 2.34. The molecular weight excluding hydrogens is 252 g/mol. The molecule has 102 valence electrons. The number of aromatic nitrogens is 4. The van der Waals surface area contributed by atoms with Gasteiger partial charge in [0.2, 0.25) is 0 Å². The van der Waals surface area contributed by atoms with Crippen LogP contribution in [-0.4, -0.2) is 19.3 Å². The molecule has 0 aliphatic rings. The molecular formula is C15H16N4O. The third-order valence-corrected chi connectivity index (χ3v) is 3.44. The number of aryl methyl sites for hydroxylation is 1. The Balaban J connectivity index is 2.20. The van der Waals surface area contributed by atoms with E-state index in [9.17, 15) is 4.79 Å². The zero-order valence-corrected chi connectivity index (χ0v) is 11.7. The van der Waals surface area contributed by atoms with Crippen molar-refractivity contribution in [3.63, 3.8) is 0 Å². The average Bonchev–Trinajstić information content (AvgIpc) is 2.80. The minimum Gasteiger partial charge on any atom is -0.310 e. The Morgan fingerprint density at radius 2 is 2.05 bits per heavy atom. The highest BCUT2D eigenvalue weighted by Crippen LogP contribution is 2.20. The van der Waals surface area contributed by atoms with Gasteiger partial charge in [0.25, 0.3) is 5.56 Å². The molecule has 0 bridgehead atoms. The molecule has 2 aromatic heterocycles. The molecule has 0 amide bonds. The lowest BCUT2D eigenvalue weighted by molar-refractivity contribution is 0.575. The van der Waals surface area contributed by atoms with Gasteiger partial charge in [0.05, 0.1) is 11.7 Å². The van der Waals surface area contributed by atoms with Crippen molar-refractivity contribution in [2.24, 2.45) is 7.05 Å². The fraction of sp³-hybridized carbons (Fsp3) is 0.267. The predicted molar refractivity (Wildman–Crippen MR) is 78.6 cm³/mol. The van der Waals surface area contributed by atoms with Crippen LogP contribution in [0.2, 0.25) is 0 Å². The molecule has 3 rings (SSSR count). The lowest BCUT2D eigenvalue weighted by Crippen LogP contribution is -2.23. The number of hydrogen-bond acceptors (Lipinski definition) is 3. The van der Waals surface area contributed by atoms with E-state index in [0.717, 1.165) is 16.5 Å². The minimum absolute atomic E-state index is 0.0641. The maximum Gasteiger partial charge on any atom is 0.277 e. The number of fused-ring (bicyclic) bond motifs is 1. The van der Waals surface area contributed by atoms with Crippen molar-refractivity contribution < 1.29 is 0 Å². The summed E-state index contributed by atoms with van der Waals surface area (Å²) in [5.74, 6) is 0. The van der Waals surface area contributed by atoms with Gasteiger partial charge in [-0.1, -0.05) is 6.07 Å². The molecule has 2 heterocycles. The molecule has 0 saturated heterocycles. The minimum atomic E-state index is -0.0641. The normalized spacial score (nSPS) is 11.4. The maximum atomic E-state index is 12.4. The number of nitrogens with zero attached hydrogens (tertiary/aromatic N) is 4. The quantitative estimate of drug-likeness (QED) is 0.717. The smallest absolute Gasteiger partial charge is 0.277 e. The molecule has 5 nitrogen and oxygen atoms in total. The zero-order valence-electron chi connectivity index (χ0n) is 11.7. The van der Waals surface area contributed by atoms with Crippen LogP contribution < -0.4 is 5.56 Å². The summed E-state index contributed by atoms with van der Waals surface area (Å²) in [4.78, 5) is 16.7. The summed E-state index contributed by atoms with van der Waals surface area (Å²) in [7, 11) is 1.90. The van der Waals surface area contributed by atoms with Crippen molar-refractivity contribution in [3.05, 3.63) is 47.1 Å². The van der Waals surface area contributed by atoms with Crippen LogP contribution in [0.4, 0.5) is 0 Å². The van der Waals surface area contributed by atoms with E-state index in [2.05, 4.69) is 10.1 Å². The van der Waals surface area contributed by atoms with Crippen LogP contribution in [0, 0.1) is 0 Å². The molecule has 0 fully saturated rings. The summed E-state index contributed by atoms with van der Waals surface area (Å²) in [5, 5.41) is 5.22. The predicted octanol–water partition coefficient (Wildman–Crippen LogP) is 2.38. The highest BCUT2D eigenvalue weighted by atomic mass is 16.1. The zero-order chi connectivity index (χ0) is 14.3. The molecule has 0 spiro atoms. The van der Waals surface area contributed by atoms with Gasteiger partial charge in [-0.2, -0.15) is 5.10 Å². The van der Waals surface area contributed by atoms with E-state index in [1.807, 2.05) is 43.8 Å². The molecule has 0 aliphatic carbocycles.